The number of carbonyl (C=O) groups excluding carboxylic acids is 1. The summed E-state index contributed by atoms with van der Waals surface area (Å²) in [5.74, 6) is 1.37. The molecule has 0 bridgehead atoms. The van der Waals surface area contributed by atoms with Crippen molar-refractivity contribution < 1.29 is 19.0 Å². The molecule has 0 atom stereocenters. The van der Waals surface area contributed by atoms with Gasteiger partial charge in [0.05, 0.1) is 32.1 Å². The number of nitrogens with zero attached hydrogens (tertiary/aromatic N) is 2. The molecule has 6 heteroatoms. The number of ether oxygens (including phenoxy) is 3. The number of amides is 1. The molecule has 0 aliphatic carbocycles. The molecule has 0 N–H and O–H groups in total. The Kier molecular flexibility index (Phi) is 7.50. The SMILES string of the molecule is COc1c(C)cc(-c2ccccc2)cc1N(Cc1ncc(C)c(OC)c1C)C(=O)OC(C)(C)C. The van der Waals surface area contributed by atoms with E-state index in [1.807, 2.05) is 77.9 Å². The number of methoxy groups -OCH3 is 2. The Balaban J connectivity index is 2.19. The molecule has 180 valence electrons. The zero-order valence-electron chi connectivity index (χ0n) is 21.4. The van der Waals surface area contributed by atoms with Crippen molar-refractivity contribution in [2.45, 2.75) is 53.7 Å². The van der Waals surface area contributed by atoms with Crippen LogP contribution in [0.15, 0.2) is 48.7 Å². The Morgan fingerprint density at radius 1 is 0.912 bits per heavy atom. The molecule has 34 heavy (non-hydrogen) atoms. The van der Waals surface area contributed by atoms with Crippen LogP contribution in [0.25, 0.3) is 11.1 Å². The van der Waals surface area contributed by atoms with Crippen molar-refractivity contribution in [2.24, 2.45) is 0 Å². The minimum Gasteiger partial charge on any atom is -0.496 e. The molecule has 2 aromatic carbocycles. The van der Waals surface area contributed by atoms with Gasteiger partial charge in [0, 0.05) is 17.3 Å². The van der Waals surface area contributed by atoms with Crippen LogP contribution in [-0.4, -0.2) is 30.9 Å². The summed E-state index contributed by atoms with van der Waals surface area (Å²) < 4.78 is 17.2. The van der Waals surface area contributed by atoms with Gasteiger partial charge in [-0.1, -0.05) is 30.3 Å². The van der Waals surface area contributed by atoms with Gasteiger partial charge in [-0.15, -0.1) is 0 Å². The normalized spacial score (nSPS) is 11.2. The van der Waals surface area contributed by atoms with Crippen LogP contribution in [0.2, 0.25) is 0 Å². The second-order valence-electron chi connectivity index (χ2n) is 9.32. The molecule has 3 aromatic rings. The quantitative estimate of drug-likeness (QED) is 0.411. The van der Waals surface area contributed by atoms with Gasteiger partial charge >= 0.3 is 6.09 Å². The third-order valence-electron chi connectivity index (χ3n) is 5.53. The van der Waals surface area contributed by atoms with Gasteiger partial charge in [-0.3, -0.25) is 9.88 Å². The lowest BCUT2D eigenvalue weighted by Gasteiger charge is -2.29. The van der Waals surface area contributed by atoms with Gasteiger partial charge in [0.15, 0.2) is 0 Å². The lowest BCUT2D eigenvalue weighted by molar-refractivity contribution is 0.0576. The van der Waals surface area contributed by atoms with Crippen molar-refractivity contribution in [3.63, 3.8) is 0 Å². The van der Waals surface area contributed by atoms with E-state index < -0.39 is 11.7 Å². The Hall–Kier alpha value is -3.54. The fraction of sp³-hybridized carbons (Fsp3) is 0.357. The number of hydrogen-bond donors (Lipinski definition) is 0. The summed E-state index contributed by atoms with van der Waals surface area (Å²) in [6.45, 7) is 11.6. The maximum Gasteiger partial charge on any atom is 0.415 e. The maximum absolute atomic E-state index is 13.5. The number of aryl methyl sites for hydroxylation is 2. The predicted molar refractivity (Wildman–Crippen MR) is 136 cm³/mol. The van der Waals surface area contributed by atoms with Gasteiger partial charge in [0.25, 0.3) is 0 Å². The van der Waals surface area contributed by atoms with Gasteiger partial charge in [-0.05, 0) is 70.4 Å². The van der Waals surface area contributed by atoms with E-state index in [2.05, 4.69) is 11.1 Å². The minimum atomic E-state index is -0.665. The van der Waals surface area contributed by atoms with Crippen LogP contribution in [0.1, 0.15) is 43.2 Å². The number of pyridine rings is 1. The molecular weight excluding hydrogens is 428 g/mol. The highest BCUT2D eigenvalue weighted by atomic mass is 16.6. The van der Waals surface area contributed by atoms with Crippen molar-refractivity contribution in [1.29, 1.82) is 0 Å². The van der Waals surface area contributed by atoms with Crippen molar-refractivity contribution in [3.05, 3.63) is 71.0 Å². The highest BCUT2D eigenvalue weighted by molar-refractivity contribution is 5.92. The summed E-state index contributed by atoms with van der Waals surface area (Å²) in [6, 6.07) is 14.1. The van der Waals surface area contributed by atoms with Crippen molar-refractivity contribution in [2.75, 3.05) is 19.1 Å². The lowest BCUT2D eigenvalue weighted by Crippen LogP contribution is -2.37. The molecule has 0 saturated carbocycles. The van der Waals surface area contributed by atoms with E-state index in [1.165, 1.54) is 0 Å². The zero-order chi connectivity index (χ0) is 25.0. The number of benzene rings is 2. The summed E-state index contributed by atoms with van der Waals surface area (Å²) in [4.78, 5) is 19.7. The standard InChI is InChI=1S/C28H34N2O4/c1-18-14-22(21-12-10-9-11-13-21)15-24(26(18)33-8)30(27(31)34-28(4,5)6)17-23-20(3)25(32-7)19(2)16-29-23/h9-16H,17H2,1-8H3. The monoisotopic (exact) mass is 462 g/mol. The first-order valence-corrected chi connectivity index (χ1v) is 11.3. The van der Waals surface area contributed by atoms with E-state index in [9.17, 15) is 4.79 Å². The van der Waals surface area contributed by atoms with Crippen LogP contribution < -0.4 is 14.4 Å². The van der Waals surface area contributed by atoms with Crippen LogP contribution in [0.5, 0.6) is 11.5 Å². The van der Waals surface area contributed by atoms with Crippen LogP contribution in [0, 0.1) is 20.8 Å². The third kappa shape index (κ3) is 5.50. The minimum absolute atomic E-state index is 0.200. The van der Waals surface area contributed by atoms with Crippen molar-refractivity contribution >= 4 is 11.8 Å². The summed E-state index contributed by atoms with van der Waals surface area (Å²) in [6.07, 6.45) is 1.29. The Bertz CT molecular complexity index is 1170. The maximum atomic E-state index is 13.5. The second kappa shape index (κ2) is 10.2. The summed E-state index contributed by atoms with van der Waals surface area (Å²) >= 11 is 0. The molecule has 1 amide bonds. The highest BCUT2D eigenvalue weighted by Gasteiger charge is 2.28. The lowest BCUT2D eigenvalue weighted by atomic mass is 10.0. The Labute approximate surface area is 202 Å². The largest absolute Gasteiger partial charge is 0.496 e. The van der Waals surface area contributed by atoms with Crippen molar-refractivity contribution in [1.82, 2.24) is 4.98 Å². The predicted octanol–water partition coefficient (Wildman–Crippen LogP) is 6.63. The second-order valence-corrected chi connectivity index (χ2v) is 9.32. The molecule has 1 aromatic heterocycles. The zero-order valence-corrected chi connectivity index (χ0v) is 21.4. The van der Waals surface area contributed by atoms with E-state index in [0.717, 1.165) is 39.3 Å². The summed E-state index contributed by atoms with van der Waals surface area (Å²) in [5.41, 5.74) is 5.44. The average Bonchev–Trinajstić information content (AvgIpc) is 2.78. The van der Waals surface area contributed by atoms with Gasteiger partial charge in [0.2, 0.25) is 0 Å². The number of aromatic nitrogens is 1. The van der Waals surface area contributed by atoms with Gasteiger partial charge < -0.3 is 14.2 Å². The van der Waals surface area contributed by atoms with Crippen molar-refractivity contribution in [3.8, 4) is 22.6 Å². The van der Waals surface area contributed by atoms with E-state index in [4.69, 9.17) is 14.2 Å². The molecule has 0 aliphatic rings. The van der Waals surface area contributed by atoms with Crippen LogP contribution >= 0.6 is 0 Å². The number of carbonyl (C=O) groups is 1. The van der Waals surface area contributed by atoms with Gasteiger partial charge in [-0.2, -0.15) is 0 Å². The molecular formula is C28H34N2O4. The fourth-order valence-corrected chi connectivity index (χ4v) is 3.96. The molecule has 1 heterocycles. The van der Waals surface area contributed by atoms with E-state index in [1.54, 1.807) is 25.3 Å². The first kappa shape index (κ1) is 25.1. The van der Waals surface area contributed by atoms with Gasteiger partial charge in [0.1, 0.15) is 17.1 Å². The third-order valence-corrected chi connectivity index (χ3v) is 5.53. The molecule has 0 radical (unpaired) electrons. The Morgan fingerprint density at radius 3 is 2.15 bits per heavy atom. The highest BCUT2D eigenvalue weighted by Crippen LogP contribution is 2.38. The number of anilines is 1. The van der Waals surface area contributed by atoms with Gasteiger partial charge in [-0.25, -0.2) is 4.79 Å². The molecule has 0 saturated heterocycles. The summed E-state index contributed by atoms with van der Waals surface area (Å²) in [7, 11) is 3.25. The van der Waals surface area contributed by atoms with E-state index in [-0.39, 0.29) is 6.54 Å². The topological polar surface area (TPSA) is 60.9 Å². The average molecular weight is 463 g/mol. The molecule has 6 nitrogen and oxygen atoms in total. The Morgan fingerprint density at radius 2 is 1.56 bits per heavy atom. The number of hydrogen-bond acceptors (Lipinski definition) is 5. The smallest absolute Gasteiger partial charge is 0.415 e. The van der Waals surface area contributed by atoms with Crippen LogP contribution in [0.4, 0.5) is 10.5 Å². The van der Waals surface area contributed by atoms with Crippen LogP contribution in [0.3, 0.4) is 0 Å². The van der Waals surface area contributed by atoms with E-state index >= 15 is 0 Å². The molecule has 0 unspecified atom stereocenters. The molecule has 3 rings (SSSR count). The molecule has 0 fully saturated rings. The number of rotatable bonds is 6. The fourth-order valence-electron chi connectivity index (χ4n) is 3.96. The summed E-state index contributed by atoms with van der Waals surface area (Å²) in [5, 5.41) is 0. The molecule has 0 aliphatic heterocycles. The molecule has 0 spiro atoms. The van der Waals surface area contributed by atoms with E-state index in [0.29, 0.717) is 11.4 Å². The van der Waals surface area contributed by atoms with Crippen LogP contribution in [-0.2, 0) is 11.3 Å². The first-order valence-electron chi connectivity index (χ1n) is 11.3. The first-order chi connectivity index (χ1) is 16.1.